The number of nitrogens with zero attached hydrogens (tertiary/aromatic N) is 1. The molecule has 2 atom stereocenters. The molecule has 1 saturated carbocycles. The van der Waals surface area contributed by atoms with Crippen molar-refractivity contribution in [2.45, 2.75) is 63.6 Å². The number of hydrogen-bond acceptors (Lipinski definition) is 3. The summed E-state index contributed by atoms with van der Waals surface area (Å²) in [4.78, 5) is 13.6. The third-order valence-corrected chi connectivity index (χ3v) is 4.14. The predicted molar refractivity (Wildman–Crippen MR) is 68.6 cm³/mol. The van der Waals surface area contributed by atoms with Gasteiger partial charge in [-0.05, 0) is 32.1 Å². The Morgan fingerprint density at radius 1 is 1.24 bits per heavy atom. The van der Waals surface area contributed by atoms with E-state index in [1.165, 1.54) is 19.3 Å². The van der Waals surface area contributed by atoms with Crippen molar-refractivity contribution in [3.63, 3.8) is 0 Å². The molecule has 2 rings (SSSR count). The number of nitrogens with two attached hydrogens (primary N) is 1. The van der Waals surface area contributed by atoms with E-state index in [0.29, 0.717) is 18.1 Å². The van der Waals surface area contributed by atoms with Gasteiger partial charge in [-0.1, -0.05) is 6.42 Å². The number of amides is 1. The number of hydrogen-bond donors (Lipinski definition) is 2. The summed E-state index contributed by atoms with van der Waals surface area (Å²) in [6.45, 7) is 3.83. The topological polar surface area (TPSA) is 58.4 Å². The van der Waals surface area contributed by atoms with E-state index in [9.17, 15) is 4.79 Å². The zero-order chi connectivity index (χ0) is 12.3. The van der Waals surface area contributed by atoms with Crippen molar-refractivity contribution in [3.8, 4) is 0 Å². The number of likely N-dealkylation sites (tertiary alicyclic amines) is 1. The van der Waals surface area contributed by atoms with Crippen molar-refractivity contribution in [1.29, 1.82) is 0 Å². The number of piperidine rings is 1. The van der Waals surface area contributed by atoms with E-state index in [-0.39, 0.29) is 5.91 Å². The highest BCUT2D eigenvalue weighted by molar-refractivity contribution is 5.73. The summed E-state index contributed by atoms with van der Waals surface area (Å²) in [6, 6.07) is 1.49. The molecule has 2 fully saturated rings. The highest BCUT2D eigenvalue weighted by Crippen LogP contribution is 2.24. The lowest BCUT2D eigenvalue weighted by atomic mass is 9.89. The van der Waals surface area contributed by atoms with E-state index in [4.69, 9.17) is 5.73 Å². The Kier molecular flexibility index (Phi) is 4.40. The summed E-state index contributed by atoms with van der Waals surface area (Å²) in [6.07, 6.45) is 7.11. The molecule has 17 heavy (non-hydrogen) atoms. The smallest absolute Gasteiger partial charge is 0.217 e. The van der Waals surface area contributed by atoms with Crippen molar-refractivity contribution in [1.82, 2.24) is 10.2 Å². The van der Waals surface area contributed by atoms with E-state index >= 15 is 0 Å². The maximum atomic E-state index is 11.0. The molecular formula is C13H25N3O. The lowest BCUT2D eigenvalue weighted by Gasteiger charge is -2.40. The van der Waals surface area contributed by atoms with Gasteiger partial charge in [0, 0.05) is 38.1 Å². The van der Waals surface area contributed by atoms with Gasteiger partial charge in [0.25, 0.3) is 0 Å². The third kappa shape index (κ3) is 3.68. The van der Waals surface area contributed by atoms with Gasteiger partial charge in [-0.15, -0.1) is 0 Å². The molecule has 0 aromatic heterocycles. The van der Waals surface area contributed by atoms with Crippen molar-refractivity contribution >= 4 is 5.91 Å². The second kappa shape index (κ2) is 5.83. The lowest BCUT2D eigenvalue weighted by Crippen LogP contribution is -2.50. The summed E-state index contributed by atoms with van der Waals surface area (Å²) in [5.41, 5.74) is 6.04. The van der Waals surface area contributed by atoms with Gasteiger partial charge < -0.3 is 16.0 Å². The molecule has 0 radical (unpaired) electrons. The van der Waals surface area contributed by atoms with Gasteiger partial charge in [0.05, 0.1) is 0 Å². The molecule has 0 aromatic carbocycles. The Bertz CT molecular complexity index is 261. The number of carbonyl (C=O) groups is 1. The summed E-state index contributed by atoms with van der Waals surface area (Å²) >= 11 is 0. The molecule has 0 bridgehead atoms. The Morgan fingerprint density at radius 2 is 1.94 bits per heavy atom. The average molecular weight is 239 g/mol. The molecule has 1 aliphatic heterocycles. The molecule has 1 saturated heterocycles. The van der Waals surface area contributed by atoms with E-state index in [0.717, 1.165) is 32.4 Å². The second-order valence-corrected chi connectivity index (χ2v) is 5.59. The summed E-state index contributed by atoms with van der Waals surface area (Å²) in [5, 5.41) is 3.02. The van der Waals surface area contributed by atoms with Crippen LogP contribution in [0.25, 0.3) is 0 Å². The average Bonchev–Trinajstić information content (AvgIpc) is 2.29. The Morgan fingerprint density at radius 3 is 2.53 bits per heavy atom. The number of nitrogens with one attached hydrogen (secondary N) is 1. The molecule has 1 heterocycles. The molecule has 1 amide bonds. The molecule has 98 valence electrons. The van der Waals surface area contributed by atoms with Crippen molar-refractivity contribution in [2.24, 2.45) is 5.73 Å². The Labute approximate surface area is 104 Å². The van der Waals surface area contributed by atoms with Crippen molar-refractivity contribution < 1.29 is 4.79 Å². The molecule has 4 nitrogen and oxygen atoms in total. The first-order chi connectivity index (χ1) is 8.15. The van der Waals surface area contributed by atoms with Crippen LogP contribution >= 0.6 is 0 Å². The second-order valence-electron chi connectivity index (χ2n) is 5.59. The molecule has 4 heteroatoms. The third-order valence-electron chi connectivity index (χ3n) is 4.14. The van der Waals surface area contributed by atoms with E-state index in [1.807, 2.05) is 0 Å². The molecule has 0 spiro atoms. The highest BCUT2D eigenvalue weighted by Gasteiger charge is 2.28. The van der Waals surface area contributed by atoms with Crippen LogP contribution in [-0.2, 0) is 4.79 Å². The molecule has 2 unspecified atom stereocenters. The van der Waals surface area contributed by atoms with Gasteiger partial charge in [-0.3, -0.25) is 4.79 Å². The van der Waals surface area contributed by atoms with E-state index in [2.05, 4.69) is 10.2 Å². The van der Waals surface area contributed by atoms with Crippen LogP contribution in [0.15, 0.2) is 0 Å². The summed E-state index contributed by atoms with van der Waals surface area (Å²) < 4.78 is 0. The van der Waals surface area contributed by atoms with Crippen LogP contribution in [0, 0.1) is 0 Å². The zero-order valence-electron chi connectivity index (χ0n) is 10.8. The first kappa shape index (κ1) is 12.8. The Hall–Kier alpha value is -0.610. The lowest BCUT2D eigenvalue weighted by molar-refractivity contribution is -0.120. The van der Waals surface area contributed by atoms with Gasteiger partial charge in [-0.2, -0.15) is 0 Å². The Balaban J connectivity index is 1.76. The molecule has 1 aliphatic carbocycles. The van der Waals surface area contributed by atoms with Crippen LogP contribution < -0.4 is 11.1 Å². The minimum absolute atomic E-state index is 0.100. The fraction of sp³-hybridized carbons (Fsp3) is 0.923. The van der Waals surface area contributed by atoms with Gasteiger partial charge >= 0.3 is 0 Å². The van der Waals surface area contributed by atoms with Crippen LogP contribution in [0.5, 0.6) is 0 Å². The maximum Gasteiger partial charge on any atom is 0.217 e. The quantitative estimate of drug-likeness (QED) is 0.751. The minimum Gasteiger partial charge on any atom is -0.354 e. The molecule has 3 N–H and O–H groups in total. The summed E-state index contributed by atoms with van der Waals surface area (Å²) in [7, 11) is 0. The largest absolute Gasteiger partial charge is 0.354 e. The summed E-state index contributed by atoms with van der Waals surface area (Å²) in [5.74, 6) is 0.100. The monoisotopic (exact) mass is 239 g/mol. The van der Waals surface area contributed by atoms with E-state index < -0.39 is 0 Å². The van der Waals surface area contributed by atoms with Crippen LogP contribution in [0.1, 0.15) is 45.4 Å². The number of rotatable bonds is 2. The standard InChI is InChI=1S/C13H25N3O/c1-10(17)15-12-5-7-16(8-6-12)13-4-2-3-11(14)9-13/h11-13H,2-9,14H2,1H3,(H,15,17). The van der Waals surface area contributed by atoms with Crippen LogP contribution in [-0.4, -0.2) is 42.0 Å². The van der Waals surface area contributed by atoms with Gasteiger partial charge in [-0.25, -0.2) is 0 Å². The number of carbonyl (C=O) groups excluding carboxylic acids is 1. The van der Waals surface area contributed by atoms with Crippen LogP contribution in [0.3, 0.4) is 0 Å². The fourth-order valence-corrected chi connectivity index (χ4v) is 3.23. The first-order valence-corrected chi connectivity index (χ1v) is 6.92. The first-order valence-electron chi connectivity index (χ1n) is 6.92. The van der Waals surface area contributed by atoms with Gasteiger partial charge in [0.1, 0.15) is 0 Å². The fourth-order valence-electron chi connectivity index (χ4n) is 3.23. The molecule has 2 aliphatic rings. The SMILES string of the molecule is CC(=O)NC1CCN(C2CCCC(N)C2)CC1. The normalized spacial score (nSPS) is 32.4. The minimum atomic E-state index is 0.100. The molecule has 0 aromatic rings. The van der Waals surface area contributed by atoms with E-state index in [1.54, 1.807) is 6.92 Å². The van der Waals surface area contributed by atoms with Crippen LogP contribution in [0.2, 0.25) is 0 Å². The predicted octanol–water partition coefficient (Wildman–Crippen LogP) is 0.857. The van der Waals surface area contributed by atoms with Gasteiger partial charge in [0.2, 0.25) is 5.91 Å². The van der Waals surface area contributed by atoms with Gasteiger partial charge in [0.15, 0.2) is 0 Å². The zero-order valence-corrected chi connectivity index (χ0v) is 10.8. The van der Waals surface area contributed by atoms with Crippen molar-refractivity contribution in [2.75, 3.05) is 13.1 Å². The molecular weight excluding hydrogens is 214 g/mol. The van der Waals surface area contributed by atoms with Crippen LogP contribution in [0.4, 0.5) is 0 Å². The highest BCUT2D eigenvalue weighted by atomic mass is 16.1. The van der Waals surface area contributed by atoms with Crippen molar-refractivity contribution in [3.05, 3.63) is 0 Å². The maximum absolute atomic E-state index is 11.0.